The molecule has 11 nitrogen and oxygen atoms in total. The number of amides is 4. The summed E-state index contributed by atoms with van der Waals surface area (Å²) >= 11 is 13.1. The lowest BCUT2D eigenvalue weighted by atomic mass is 10.2. The van der Waals surface area contributed by atoms with Crippen molar-refractivity contribution in [3.05, 3.63) is 76.5 Å². The fourth-order valence-electron chi connectivity index (χ4n) is 4.68. The number of nitrogens with one attached hydrogen (secondary N) is 3. The summed E-state index contributed by atoms with van der Waals surface area (Å²) in [6.45, 7) is 3.56. The summed E-state index contributed by atoms with van der Waals surface area (Å²) < 4.78 is 12.9. The minimum Gasteiger partial charge on any atom is -0.497 e. The van der Waals surface area contributed by atoms with Gasteiger partial charge in [0.2, 0.25) is 0 Å². The number of halogens is 2. The van der Waals surface area contributed by atoms with Crippen LogP contribution in [0.1, 0.15) is 38.3 Å². The van der Waals surface area contributed by atoms with Gasteiger partial charge in [0, 0.05) is 31.4 Å². The molecule has 0 saturated carbocycles. The van der Waals surface area contributed by atoms with Crippen molar-refractivity contribution in [2.75, 3.05) is 36.1 Å². The lowest BCUT2D eigenvalue weighted by Gasteiger charge is -2.16. The number of anilines is 3. The van der Waals surface area contributed by atoms with Crippen molar-refractivity contribution in [3.8, 4) is 22.9 Å². The van der Waals surface area contributed by atoms with Crippen LogP contribution in [0.5, 0.6) is 17.2 Å². The van der Waals surface area contributed by atoms with Gasteiger partial charge >= 0.3 is 12.1 Å². The van der Waals surface area contributed by atoms with Gasteiger partial charge in [-0.2, -0.15) is 5.10 Å². The number of pyridine rings is 1. The number of hydrogen-bond donors (Lipinski definition) is 3. The average molecular weight is 639 g/mol. The first-order chi connectivity index (χ1) is 21.3. The largest absolute Gasteiger partial charge is 0.497 e. The van der Waals surface area contributed by atoms with E-state index in [-0.39, 0.29) is 27.5 Å². The molecule has 1 fully saturated rings. The molecule has 2 aromatic carbocycles. The molecular weight excluding hydrogens is 605 g/mol. The van der Waals surface area contributed by atoms with Crippen LogP contribution in [0.3, 0.4) is 0 Å². The first kappa shape index (κ1) is 31.0. The zero-order valence-corrected chi connectivity index (χ0v) is 25.9. The van der Waals surface area contributed by atoms with Gasteiger partial charge in [0.1, 0.15) is 33.9 Å². The lowest BCUT2D eigenvalue weighted by Crippen LogP contribution is -2.32. The minimum absolute atomic E-state index is 0.100. The Morgan fingerprint density at radius 3 is 2.43 bits per heavy atom. The molecule has 1 aliphatic heterocycles. The topological polar surface area (TPSA) is 123 Å². The van der Waals surface area contributed by atoms with Crippen molar-refractivity contribution in [2.24, 2.45) is 0 Å². The molecule has 13 heteroatoms. The Labute approximate surface area is 265 Å². The van der Waals surface area contributed by atoms with Crippen molar-refractivity contribution in [1.82, 2.24) is 19.7 Å². The highest BCUT2D eigenvalue weighted by Gasteiger charge is 2.19. The Morgan fingerprint density at radius 2 is 1.70 bits per heavy atom. The number of likely N-dealkylation sites (tertiary alicyclic amines) is 1. The fourth-order valence-corrected chi connectivity index (χ4v) is 5.08. The molecule has 4 amide bonds. The Bertz CT molecular complexity index is 1620. The Balaban J connectivity index is 1.27. The maximum Gasteiger partial charge on any atom is 0.324 e. The molecule has 3 heterocycles. The summed E-state index contributed by atoms with van der Waals surface area (Å²) in [5.74, 6) is 2.23. The lowest BCUT2D eigenvalue weighted by molar-refractivity contribution is 0.222. The average Bonchev–Trinajstić information content (AvgIpc) is 3.71. The van der Waals surface area contributed by atoms with Crippen molar-refractivity contribution in [3.63, 3.8) is 0 Å². The normalized spacial score (nSPS) is 12.6. The van der Waals surface area contributed by atoms with E-state index < -0.39 is 6.03 Å². The molecule has 44 heavy (non-hydrogen) atoms. The highest BCUT2D eigenvalue weighted by atomic mass is 35.5. The molecular formula is C31H33Cl2N7O4. The van der Waals surface area contributed by atoms with Gasteiger partial charge in [-0.25, -0.2) is 19.3 Å². The highest BCUT2D eigenvalue weighted by Crippen LogP contribution is 2.40. The maximum absolute atomic E-state index is 13.1. The van der Waals surface area contributed by atoms with E-state index in [2.05, 4.69) is 27.9 Å². The van der Waals surface area contributed by atoms with Crippen LogP contribution in [-0.2, 0) is 6.42 Å². The molecule has 0 bridgehead atoms. The van der Waals surface area contributed by atoms with Gasteiger partial charge in [-0.3, -0.25) is 10.6 Å². The summed E-state index contributed by atoms with van der Waals surface area (Å²) in [6.07, 6.45) is 6.28. The number of methoxy groups -OCH3 is 1. The van der Waals surface area contributed by atoms with Crippen LogP contribution in [-0.4, -0.2) is 51.9 Å². The van der Waals surface area contributed by atoms with Crippen LogP contribution in [0.15, 0.2) is 60.8 Å². The zero-order chi connectivity index (χ0) is 31.1. The first-order valence-corrected chi connectivity index (χ1v) is 15.1. The van der Waals surface area contributed by atoms with E-state index in [0.717, 1.165) is 56.6 Å². The van der Waals surface area contributed by atoms with Crippen LogP contribution in [0.2, 0.25) is 10.0 Å². The quantitative estimate of drug-likeness (QED) is 0.162. The Morgan fingerprint density at radius 1 is 0.932 bits per heavy atom. The van der Waals surface area contributed by atoms with Crippen molar-refractivity contribution < 1.29 is 19.1 Å². The van der Waals surface area contributed by atoms with Crippen LogP contribution in [0.4, 0.5) is 26.9 Å². The SMILES string of the molecule is CCCCc1cc(NC(=O)Nc2ccc(Oc3ccnc(NC(=O)N4CCCC4)c3)c(Cl)c2Cl)n(-c2ccc(OC)cc2)n1. The monoisotopic (exact) mass is 637 g/mol. The molecule has 1 aliphatic rings. The molecule has 0 radical (unpaired) electrons. The van der Waals surface area contributed by atoms with Crippen LogP contribution in [0, 0.1) is 0 Å². The third-order valence-electron chi connectivity index (χ3n) is 6.99. The summed E-state index contributed by atoms with van der Waals surface area (Å²) in [4.78, 5) is 31.5. The molecule has 3 N–H and O–H groups in total. The number of ether oxygens (including phenoxy) is 2. The summed E-state index contributed by atoms with van der Waals surface area (Å²) in [5, 5.41) is 13.3. The molecule has 5 rings (SSSR count). The number of aryl methyl sites for hydroxylation is 1. The molecule has 0 atom stereocenters. The van der Waals surface area contributed by atoms with E-state index in [4.69, 9.17) is 37.8 Å². The van der Waals surface area contributed by atoms with E-state index in [1.807, 2.05) is 30.3 Å². The third-order valence-corrected chi connectivity index (χ3v) is 7.85. The second-order valence-electron chi connectivity index (χ2n) is 10.2. The standard InChI is InChI=1S/C31H33Cl2N7O4/c1-3-4-7-20-18-27(40(38-20)21-8-10-22(43-2)11-9-21)37-30(41)35-24-12-13-25(29(33)28(24)32)44-23-14-15-34-26(19-23)36-31(42)39-16-5-6-17-39/h8-15,18-19H,3-7,16-17H2,1-2H3,(H,34,36,42)(H2,35,37,41). The number of nitrogens with zero attached hydrogens (tertiary/aromatic N) is 4. The predicted octanol–water partition coefficient (Wildman–Crippen LogP) is 7.99. The van der Waals surface area contributed by atoms with Crippen LogP contribution in [0.25, 0.3) is 5.69 Å². The van der Waals surface area contributed by atoms with Crippen molar-refractivity contribution in [2.45, 2.75) is 39.0 Å². The number of carbonyl (C=O) groups excluding carboxylic acids is 2. The highest BCUT2D eigenvalue weighted by molar-refractivity contribution is 6.45. The summed E-state index contributed by atoms with van der Waals surface area (Å²) in [6, 6.07) is 14.9. The molecule has 0 spiro atoms. The smallest absolute Gasteiger partial charge is 0.324 e. The summed E-state index contributed by atoms with van der Waals surface area (Å²) in [7, 11) is 1.60. The van der Waals surface area contributed by atoms with E-state index in [1.165, 1.54) is 6.20 Å². The number of benzene rings is 2. The van der Waals surface area contributed by atoms with Gasteiger partial charge in [0.15, 0.2) is 0 Å². The minimum atomic E-state index is -0.527. The zero-order valence-electron chi connectivity index (χ0n) is 24.4. The van der Waals surface area contributed by atoms with Gasteiger partial charge in [-0.15, -0.1) is 0 Å². The maximum atomic E-state index is 13.1. The van der Waals surface area contributed by atoms with Crippen molar-refractivity contribution in [1.29, 1.82) is 0 Å². The van der Waals surface area contributed by atoms with Crippen LogP contribution >= 0.6 is 23.2 Å². The molecule has 0 aliphatic carbocycles. The molecule has 4 aromatic rings. The van der Waals surface area contributed by atoms with E-state index >= 15 is 0 Å². The van der Waals surface area contributed by atoms with E-state index in [0.29, 0.717) is 23.1 Å². The Hall–Kier alpha value is -4.48. The first-order valence-electron chi connectivity index (χ1n) is 14.3. The number of urea groups is 2. The van der Waals surface area contributed by atoms with Gasteiger partial charge in [-0.05, 0) is 68.1 Å². The van der Waals surface area contributed by atoms with Gasteiger partial charge in [-0.1, -0.05) is 36.5 Å². The van der Waals surface area contributed by atoms with Crippen LogP contribution < -0.4 is 25.4 Å². The second kappa shape index (κ2) is 14.3. The van der Waals surface area contributed by atoms with E-state index in [1.54, 1.807) is 41.0 Å². The number of aromatic nitrogens is 3. The molecule has 1 saturated heterocycles. The molecule has 230 valence electrons. The predicted molar refractivity (Wildman–Crippen MR) is 172 cm³/mol. The molecule has 2 aromatic heterocycles. The van der Waals surface area contributed by atoms with Crippen molar-refractivity contribution >= 4 is 52.6 Å². The van der Waals surface area contributed by atoms with Gasteiger partial charge in [0.25, 0.3) is 0 Å². The third kappa shape index (κ3) is 7.53. The second-order valence-corrected chi connectivity index (χ2v) is 10.9. The number of rotatable bonds is 10. The number of unbranched alkanes of at least 4 members (excludes halogenated alkanes) is 1. The van der Waals surface area contributed by atoms with E-state index in [9.17, 15) is 9.59 Å². The fraction of sp³-hybridized carbons (Fsp3) is 0.290. The van der Waals surface area contributed by atoms with Gasteiger partial charge in [0.05, 0.1) is 29.2 Å². The molecule has 0 unspecified atom stereocenters. The number of carbonyl (C=O) groups is 2. The van der Waals surface area contributed by atoms with Gasteiger partial charge < -0.3 is 19.7 Å². The summed E-state index contributed by atoms with van der Waals surface area (Å²) in [5.41, 5.74) is 1.91. The number of hydrogen-bond acceptors (Lipinski definition) is 6. The Kier molecular flexibility index (Phi) is 10.1.